The molecule has 1 aliphatic rings. The summed E-state index contributed by atoms with van der Waals surface area (Å²) in [6, 6.07) is 6.06. The second kappa shape index (κ2) is 8.65. The van der Waals surface area contributed by atoms with Crippen LogP contribution >= 0.6 is 0 Å². The van der Waals surface area contributed by atoms with Crippen molar-refractivity contribution in [1.29, 1.82) is 0 Å². The number of para-hydroxylation sites is 1. The molecule has 9 nitrogen and oxygen atoms in total. The lowest BCUT2D eigenvalue weighted by Crippen LogP contribution is -2.39. The fourth-order valence-corrected chi connectivity index (χ4v) is 4.13. The molecule has 10 heteroatoms. The van der Waals surface area contributed by atoms with Crippen LogP contribution in [0.15, 0.2) is 24.3 Å². The van der Waals surface area contributed by atoms with Crippen LogP contribution in [0.3, 0.4) is 0 Å². The van der Waals surface area contributed by atoms with Crippen LogP contribution in [-0.4, -0.2) is 64.0 Å². The topological polar surface area (TPSA) is 128 Å². The Morgan fingerprint density at radius 3 is 2.62 bits per heavy atom. The summed E-state index contributed by atoms with van der Waals surface area (Å²) in [6.07, 6.45) is 0.344. The number of amides is 2. The first-order valence-corrected chi connectivity index (χ1v) is 9.69. The van der Waals surface area contributed by atoms with Gasteiger partial charge in [-0.2, -0.15) is 0 Å². The van der Waals surface area contributed by atoms with Crippen LogP contribution in [-0.2, 0) is 24.2 Å². The molecule has 0 saturated carbocycles. The van der Waals surface area contributed by atoms with Crippen LogP contribution in [0.2, 0.25) is 0 Å². The van der Waals surface area contributed by atoms with Crippen molar-refractivity contribution < 1.29 is 32.3 Å². The minimum Gasteiger partial charge on any atom is -0.496 e. The fourth-order valence-electron chi connectivity index (χ4n) is 2.46. The summed E-state index contributed by atoms with van der Waals surface area (Å²) in [5.41, 5.74) is 0.267. The third-order valence-corrected chi connectivity index (χ3v) is 5.47. The van der Waals surface area contributed by atoms with Gasteiger partial charge in [-0.25, -0.2) is 8.42 Å². The van der Waals surface area contributed by atoms with E-state index in [1.165, 1.54) is 7.11 Å². The summed E-state index contributed by atoms with van der Waals surface area (Å²) >= 11 is 0. The molecule has 0 bridgehead atoms. The van der Waals surface area contributed by atoms with Gasteiger partial charge in [-0.15, -0.1) is 0 Å². The van der Waals surface area contributed by atoms with Crippen molar-refractivity contribution in [3.05, 3.63) is 29.8 Å². The Balaban J connectivity index is 1.72. The van der Waals surface area contributed by atoms with Crippen LogP contribution in [0, 0.1) is 0 Å². The van der Waals surface area contributed by atoms with E-state index in [1.807, 2.05) is 0 Å². The normalized spacial score (nSPS) is 18.0. The average Bonchev–Trinajstić information content (AvgIpc) is 2.96. The summed E-state index contributed by atoms with van der Waals surface area (Å²) < 4.78 is 32.4. The molecule has 1 atom stereocenters. The Hall–Kier alpha value is -2.62. The molecule has 0 aromatic heterocycles. The highest BCUT2D eigenvalue weighted by molar-refractivity contribution is 7.91. The minimum absolute atomic E-state index is 0.0344. The number of nitrogens with one attached hydrogen (secondary N) is 2. The van der Waals surface area contributed by atoms with Crippen molar-refractivity contribution in [3.8, 4) is 5.75 Å². The smallest absolute Gasteiger partial charge is 0.325 e. The Kier molecular flexibility index (Phi) is 6.56. The van der Waals surface area contributed by atoms with E-state index in [4.69, 9.17) is 9.47 Å². The minimum atomic E-state index is -3.10. The van der Waals surface area contributed by atoms with Gasteiger partial charge in [0.2, 0.25) is 0 Å². The lowest BCUT2D eigenvalue weighted by molar-refractivity contribution is -0.147. The molecular weight excluding hydrogens is 364 g/mol. The van der Waals surface area contributed by atoms with E-state index in [9.17, 15) is 22.8 Å². The third kappa shape index (κ3) is 5.73. The van der Waals surface area contributed by atoms with Crippen LogP contribution in [0.5, 0.6) is 5.75 Å². The van der Waals surface area contributed by atoms with Crippen LogP contribution in [0.1, 0.15) is 16.8 Å². The SMILES string of the molecule is COc1ccccc1C(=O)NCC(=O)OCC(=O)N[C@@H]1CCS(=O)(=O)C1. The molecule has 0 radical (unpaired) electrons. The standard InChI is InChI=1S/C16H20N2O7S/c1-24-13-5-3-2-4-12(13)16(21)17-8-15(20)25-9-14(19)18-11-6-7-26(22,23)10-11/h2-5,11H,6-10H2,1H3,(H,17,21)(H,18,19)/t11-/m1/s1. The van der Waals surface area contributed by atoms with Crippen LogP contribution in [0.4, 0.5) is 0 Å². The molecule has 1 aliphatic heterocycles. The van der Waals surface area contributed by atoms with Gasteiger partial charge in [0.15, 0.2) is 16.4 Å². The van der Waals surface area contributed by atoms with Gasteiger partial charge in [-0.1, -0.05) is 12.1 Å². The molecule has 1 fully saturated rings. The first-order valence-electron chi connectivity index (χ1n) is 7.87. The molecule has 142 valence electrons. The molecule has 2 amide bonds. The summed E-state index contributed by atoms with van der Waals surface area (Å²) in [4.78, 5) is 35.3. The van der Waals surface area contributed by atoms with Gasteiger partial charge in [0.25, 0.3) is 11.8 Å². The van der Waals surface area contributed by atoms with Crippen molar-refractivity contribution in [2.75, 3.05) is 31.8 Å². The van der Waals surface area contributed by atoms with Gasteiger partial charge in [-0.05, 0) is 18.6 Å². The Morgan fingerprint density at radius 1 is 1.23 bits per heavy atom. The third-order valence-electron chi connectivity index (χ3n) is 3.71. The van der Waals surface area contributed by atoms with Gasteiger partial charge in [0.1, 0.15) is 12.3 Å². The number of ether oxygens (including phenoxy) is 2. The molecule has 0 spiro atoms. The number of hydrogen-bond donors (Lipinski definition) is 2. The van der Waals surface area contributed by atoms with Crippen molar-refractivity contribution in [1.82, 2.24) is 10.6 Å². The molecule has 0 aliphatic carbocycles. The number of rotatable bonds is 7. The number of hydrogen-bond acceptors (Lipinski definition) is 7. The van der Waals surface area contributed by atoms with Gasteiger partial charge < -0.3 is 20.1 Å². The van der Waals surface area contributed by atoms with Crippen molar-refractivity contribution in [2.45, 2.75) is 12.5 Å². The van der Waals surface area contributed by atoms with Crippen LogP contribution in [0.25, 0.3) is 0 Å². The van der Waals surface area contributed by atoms with Crippen molar-refractivity contribution in [2.24, 2.45) is 0 Å². The highest BCUT2D eigenvalue weighted by Gasteiger charge is 2.29. The Morgan fingerprint density at radius 2 is 1.96 bits per heavy atom. The summed E-state index contributed by atoms with van der Waals surface area (Å²) in [5, 5.41) is 4.87. The molecular formula is C16H20N2O7S. The fraction of sp³-hybridized carbons (Fsp3) is 0.438. The summed E-state index contributed by atoms with van der Waals surface area (Å²) in [6.45, 7) is -0.956. The maximum absolute atomic E-state index is 12.0. The first kappa shape index (κ1) is 19.7. The number of carbonyl (C=O) groups excluding carboxylic acids is 3. The highest BCUT2D eigenvalue weighted by atomic mass is 32.2. The monoisotopic (exact) mass is 384 g/mol. The predicted octanol–water partition coefficient (Wildman–Crippen LogP) is -0.728. The Bertz CT molecular complexity index is 792. The summed E-state index contributed by atoms with van der Waals surface area (Å²) in [7, 11) is -1.68. The zero-order valence-corrected chi connectivity index (χ0v) is 15.0. The van der Waals surface area contributed by atoms with E-state index in [0.29, 0.717) is 12.2 Å². The zero-order chi connectivity index (χ0) is 19.2. The maximum atomic E-state index is 12.0. The van der Waals surface area contributed by atoms with Crippen molar-refractivity contribution >= 4 is 27.6 Å². The van der Waals surface area contributed by atoms with Gasteiger partial charge in [0, 0.05) is 6.04 Å². The number of sulfone groups is 1. The second-order valence-corrected chi connectivity index (χ2v) is 7.94. The quantitative estimate of drug-likeness (QED) is 0.593. The van der Waals surface area contributed by atoms with Gasteiger partial charge in [0.05, 0.1) is 24.2 Å². The second-order valence-electron chi connectivity index (χ2n) is 5.71. The van der Waals surface area contributed by atoms with E-state index in [2.05, 4.69) is 10.6 Å². The molecule has 1 aromatic rings. The Labute approximate surface area is 151 Å². The zero-order valence-electron chi connectivity index (χ0n) is 14.2. The van der Waals surface area contributed by atoms with Crippen molar-refractivity contribution in [3.63, 3.8) is 0 Å². The van der Waals surface area contributed by atoms with E-state index in [0.717, 1.165) is 0 Å². The molecule has 0 unspecified atom stereocenters. The highest BCUT2D eigenvalue weighted by Crippen LogP contribution is 2.16. The molecule has 1 aromatic carbocycles. The average molecular weight is 384 g/mol. The van der Waals surface area contributed by atoms with Gasteiger partial charge in [-0.3, -0.25) is 14.4 Å². The van der Waals surface area contributed by atoms with E-state index in [-0.39, 0.29) is 17.1 Å². The largest absolute Gasteiger partial charge is 0.496 e. The number of methoxy groups -OCH3 is 1. The number of esters is 1. The first-order chi connectivity index (χ1) is 12.3. The van der Waals surface area contributed by atoms with E-state index >= 15 is 0 Å². The maximum Gasteiger partial charge on any atom is 0.325 e. The lowest BCUT2D eigenvalue weighted by atomic mass is 10.2. The van der Waals surface area contributed by atoms with E-state index in [1.54, 1.807) is 24.3 Å². The molecule has 1 heterocycles. The molecule has 2 rings (SSSR count). The predicted molar refractivity (Wildman–Crippen MR) is 91.5 cm³/mol. The number of carbonyl (C=O) groups is 3. The summed E-state index contributed by atoms with van der Waals surface area (Å²) in [5.74, 6) is -1.60. The van der Waals surface area contributed by atoms with Crippen LogP contribution < -0.4 is 15.4 Å². The lowest BCUT2D eigenvalue weighted by Gasteiger charge is -2.11. The van der Waals surface area contributed by atoms with Gasteiger partial charge >= 0.3 is 5.97 Å². The molecule has 2 N–H and O–H groups in total. The number of benzene rings is 1. The molecule has 26 heavy (non-hydrogen) atoms. The van der Waals surface area contributed by atoms with E-state index < -0.39 is 46.8 Å². The molecule has 1 saturated heterocycles.